The van der Waals surface area contributed by atoms with Crippen molar-refractivity contribution in [3.8, 4) is 44.5 Å². The van der Waals surface area contributed by atoms with Crippen LogP contribution in [0, 0.1) is 0 Å². The van der Waals surface area contributed by atoms with Crippen molar-refractivity contribution in [3.63, 3.8) is 0 Å². The third-order valence-corrected chi connectivity index (χ3v) is 16.1. The Bertz CT molecular complexity index is 5060. The van der Waals surface area contributed by atoms with E-state index in [-0.39, 0.29) is 0 Å². The Hall–Kier alpha value is -10.9. The molecule has 0 N–H and O–H groups in total. The zero-order valence-corrected chi connectivity index (χ0v) is 43.8. The Kier molecular flexibility index (Phi) is 10.8. The average Bonchev–Trinajstić information content (AvgIpc) is 4.44. The third kappa shape index (κ3) is 7.55. The van der Waals surface area contributed by atoms with Gasteiger partial charge in [0, 0.05) is 72.1 Å². The SMILES string of the molecule is c1ccc(-c2ccccc2N(c2ccc3c(c2)oc2cc(N(c4ccccc4-c4ccccc4)c4cccc5c4oc4c(-c6ccccc6)cccc45)c4ccccc4c23)c2cccc3c2oc2c(-c4ccccc4)cccc23)cc1. The summed E-state index contributed by atoms with van der Waals surface area (Å²) in [5.41, 5.74) is 19.3. The Morgan fingerprint density at radius 1 is 0.210 bits per heavy atom. The predicted molar refractivity (Wildman–Crippen MR) is 337 cm³/mol. The standard InChI is InChI=1S/C76H48N2O3/c1-5-23-49(24-6-1)54-31-15-17-41-65(54)77(67-43-21-39-62-60-37-19-35-56(73(60)80-75(62)67)51-27-9-3-10-28-51)53-45-46-64-70(47-53)79-71-48-69(58-33-13-14-34-59(58)72(64)71)78(66-42-18-16-32-55(66)50-25-7-2-8-26-50)68-44-22-40-63-61-38-20-36-57(74(61)81-76(63)68)52-29-11-4-12-30-52/h1-48H. The van der Waals surface area contributed by atoms with Gasteiger partial charge >= 0.3 is 0 Å². The highest BCUT2D eigenvalue weighted by molar-refractivity contribution is 6.24. The van der Waals surface area contributed by atoms with Gasteiger partial charge in [-0.15, -0.1) is 0 Å². The number of hydrogen-bond acceptors (Lipinski definition) is 5. The summed E-state index contributed by atoms with van der Waals surface area (Å²) in [4.78, 5) is 4.72. The first kappa shape index (κ1) is 46.2. The number of para-hydroxylation sites is 6. The van der Waals surface area contributed by atoms with Crippen molar-refractivity contribution in [2.75, 3.05) is 9.80 Å². The van der Waals surface area contributed by atoms with Gasteiger partial charge in [0.25, 0.3) is 0 Å². The third-order valence-electron chi connectivity index (χ3n) is 16.1. The molecule has 380 valence electrons. The minimum Gasteiger partial charge on any atom is -0.456 e. The van der Waals surface area contributed by atoms with E-state index >= 15 is 0 Å². The molecule has 0 saturated carbocycles. The summed E-state index contributed by atoms with van der Waals surface area (Å²) in [6.07, 6.45) is 0. The molecule has 0 spiro atoms. The molecule has 81 heavy (non-hydrogen) atoms. The van der Waals surface area contributed by atoms with Crippen molar-refractivity contribution in [1.29, 1.82) is 0 Å². The number of hydrogen-bond donors (Lipinski definition) is 0. The second kappa shape index (κ2) is 18.9. The highest BCUT2D eigenvalue weighted by Crippen LogP contribution is 2.52. The molecule has 0 saturated heterocycles. The molecule has 0 bridgehead atoms. The summed E-state index contributed by atoms with van der Waals surface area (Å²) in [5, 5.41) is 8.42. The number of furan rings is 3. The molecule has 0 aliphatic rings. The molecule has 0 radical (unpaired) electrons. The van der Waals surface area contributed by atoms with E-state index in [4.69, 9.17) is 13.3 Å². The van der Waals surface area contributed by atoms with Crippen LogP contribution in [0.3, 0.4) is 0 Å². The van der Waals surface area contributed by atoms with Crippen LogP contribution in [0.1, 0.15) is 0 Å². The van der Waals surface area contributed by atoms with Crippen molar-refractivity contribution in [3.05, 3.63) is 291 Å². The minimum atomic E-state index is 0.763. The molecule has 16 aromatic rings. The van der Waals surface area contributed by atoms with Crippen LogP contribution < -0.4 is 9.80 Å². The quantitative estimate of drug-likeness (QED) is 0.137. The lowest BCUT2D eigenvalue weighted by Gasteiger charge is -2.29. The Morgan fingerprint density at radius 3 is 1.12 bits per heavy atom. The molecule has 0 aliphatic heterocycles. The van der Waals surface area contributed by atoms with Crippen molar-refractivity contribution in [2.45, 2.75) is 0 Å². The smallest absolute Gasteiger partial charge is 0.159 e. The fourth-order valence-corrected chi connectivity index (χ4v) is 12.4. The molecule has 3 aromatic heterocycles. The zero-order chi connectivity index (χ0) is 53.4. The number of benzene rings is 13. The molecule has 3 heterocycles. The van der Waals surface area contributed by atoms with Gasteiger partial charge in [-0.3, -0.25) is 0 Å². The van der Waals surface area contributed by atoms with Crippen molar-refractivity contribution >= 4 is 111 Å². The van der Waals surface area contributed by atoms with E-state index in [2.05, 4.69) is 301 Å². The van der Waals surface area contributed by atoms with E-state index in [1.807, 2.05) is 0 Å². The lowest BCUT2D eigenvalue weighted by atomic mass is 9.98. The summed E-state index contributed by atoms with van der Waals surface area (Å²) < 4.78 is 21.7. The van der Waals surface area contributed by atoms with Crippen LogP contribution in [0.4, 0.5) is 34.1 Å². The number of anilines is 6. The number of rotatable bonds is 10. The largest absolute Gasteiger partial charge is 0.456 e. The van der Waals surface area contributed by atoms with E-state index in [1.54, 1.807) is 0 Å². The van der Waals surface area contributed by atoms with E-state index < -0.39 is 0 Å². The van der Waals surface area contributed by atoms with Gasteiger partial charge in [0.05, 0.1) is 34.1 Å². The number of fused-ring (bicyclic) bond motifs is 11. The fraction of sp³-hybridized carbons (Fsp3) is 0. The lowest BCUT2D eigenvalue weighted by molar-refractivity contribution is 0.667. The highest BCUT2D eigenvalue weighted by atomic mass is 16.3. The molecular weight excluding hydrogens is 989 g/mol. The first-order chi connectivity index (χ1) is 40.2. The summed E-state index contributed by atoms with van der Waals surface area (Å²) in [5.74, 6) is 0. The Labute approximate surface area is 467 Å². The Balaban J connectivity index is 0.935. The van der Waals surface area contributed by atoms with Crippen LogP contribution in [-0.2, 0) is 0 Å². The van der Waals surface area contributed by atoms with E-state index in [1.165, 1.54) is 0 Å². The zero-order valence-electron chi connectivity index (χ0n) is 43.8. The van der Waals surface area contributed by atoms with Gasteiger partial charge in [-0.2, -0.15) is 0 Å². The van der Waals surface area contributed by atoms with E-state index in [0.717, 1.165) is 155 Å². The van der Waals surface area contributed by atoms with Gasteiger partial charge in [-0.1, -0.05) is 243 Å². The maximum atomic E-state index is 7.32. The second-order valence-electron chi connectivity index (χ2n) is 20.6. The van der Waals surface area contributed by atoms with Gasteiger partial charge in [0.1, 0.15) is 22.3 Å². The van der Waals surface area contributed by atoms with Crippen LogP contribution in [0.2, 0.25) is 0 Å². The first-order valence-electron chi connectivity index (χ1n) is 27.5. The highest BCUT2D eigenvalue weighted by Gasteiger charge is 2.28. The van der Waals surface area contributed by atoms with Gasteiger partial charge in [-0.25, -0.2) is 0 Å². The molecule has 0 atom stereocenters. The summed E-state index contributed by atoms with van der Waals surface area (Å²) in [7, 11) is 0. The Morgan fingerprint density at radius 2 is 0.593 bits per heavy atom. The summed E-state index contributed by atoms with van der Waals surface area (Å²) >= 11 is 0. The van der Waals surface area contributed by atoms with Crippen LogP contribution in [0.25, 0.3) is 121 Å². The summed E-state index contributed by atoms with van der Waals surface area (Å²) in [6, 6.07) is 103. The molecule has 16 rings (SSSR count). The van der Waals surface area contributed by atoms with Crippen molar-refractivity contribution in [2.24, 2.45) is 0 Å². The topological polar surface area (TPSA) is 45.9 Å². The molecule has 5 heteroatoms. The normalized spacial score (nSPS) is 11.7. The van der Waals surface area contributed by atoms with Gasteiger partial charge in [0.2, 0.25) is 0 Å². The summed E-state index contributed by atoms with van der Waals surface area (Å²) in [6.45, 7) is 0. The van der Waals surface area contributed by atoms with Crippen LogP contribution in [0.15, 0.2) is 304 Å². The minimum absolute atomic E-state index is 0.763. The van der Waals surface area contributed by atoms with E-state index in [0.29, 0.717) is 0 Å². The second-order valence-corrected chi connectivity index (χ2v) is 20.6. The molecule has 0 fully saturated rings. The van der Waals surface area contributed by atoms with E-state index in [9.17, 15) is 0 Å². The maximum Gasteiger partial charge on any atom is 0.159 e. The molecule has 13 aromatic carbocycles. The molecule has 0 amide bonds. The first-order valence-corrected chi connectivity index (χ1v) is 27.5. The number of nitrogens with zero attached hydrogens (tertiary/aromatic N) is 2. The average molecular weight is 1040 g/mol. The van der Waals surface area contributed by atoms with Crippen LogP contribution >= 0.6 is 0 Å². The lowest BCUT2D eigenvalue weighted by Crippen LogP contribution is -2.12. The van der Waals surface area contributed by atoms with Crippen molar-refractivity contribution in [1.82, 2.24) is 0 Å². The van der Waals surface area contributed by atoms with Gasteiger partial charge in [-0.05, 0) is 64.0 Å². The van der Waals surface area contributed by atoms with Gasteiger partial charge < -0.3 is 23.1 Å². The van der Waals surface area contributed by atoms with Crippen LogP contribution in [0.5, 0.6) is 0 Å². The predicted octanol–water partition coefficient (Wildman–Crippen LogP) is 22.1. The maximum absolute atomic E-state index is 7.32. The molecule has 0 aliphatic carbocycles. The van der Waals surface area contributed by atoms with Crippen LogP contribution in [-0.4, -0.2) is 0 Å². The fourth-order valence-electron chi connectivity index (χ4n) is 12.4. The van der Waals surface area contributed by atoms with Crippen molar-refractivity contribution < 1.29 is 13.3 Å². The van der Waals surface area contributed by atoms with Gasteiger partial charge in [0.15, 0.2) is 11.2 Å². The molecule has 5 nitrogen and oxygen atoms in total. The monoisotopic (exact) mass is 1040 g/mol. The molecule has 0 unspecified atom stereocenters. The molecular formula is C76H48N2O3.